The Hall–Kier alpha value is -1.36. The fourth-order valence-electron chi connectivity index (χ4n) is 2.62. The number of carbonyl (C=O) groups excluding carboxylic acids is 1. The van der Waals surface area contributed by atoms with E-state index >= 15 is 0 Å². The molecule has 1 fully saturated rings. The van der Waals surface area contributed by atoms with Gasteiger partial charge in [-0.3, -0.25) is 14.4 Å². The molecule has 0 saturated carbocycles. The van der Waals surface area contributed by atoms with Gasteiger partial charge in [-0.15, -0.1) is 0 Å². The molecule has 1 aromatic rings. The number of aromatic nitrogens is 2. The molecule has 106 valence electrons. The number of rotatable bonds is 4. The largest absolute Gasteiger partial charge is 0.351 e. The number of aryl methyl sites for hydroxylation is 1. The molecule has 0 radical (unpaired) electrons. The number of hydrogen-bond donors (Lipinski definition) is 1. The second-order valence-corrected chi connectivity index (χ2v) is 5.40. The fourth-order valence-corrected chi connectivity index (χ4v) is 2.62. The van der Waals surface area contributed by atoms with Crippen molar-refractivity contribution >= 4 is 5.91 Å². The SMILES string of the molecule is Cc1c(C(=O)NCCN2CCCC[C@@H]2C)cnn1C. The first kappa shape index (κ1) is 14.1. The van der Waals surface area contributed by atoms with Gasteiger partial charge < -0.3 is 5.32 Å². The zero-order valence-electron chi connectivity index (χ0n) is 12.1. The lowest BCUT2D eigenvalue weighted by Crippen LogP contribution is -2.42. The van der Waals surface area contributed by atoms with Gasteiger partial charge in [-0.1, -0.05) is 6.42 Å². The van der Waals surface area contributed by atoms with Crippen LogP contribution >= 0.6 is 0 Å². The minimum Gasteiger partial charge on any atom is -0.351 e. The van der Waals surface area contributed by atoms with Crippen molar-refractivity contribution < 1.29 is 4.79 Å². The van der Waals surface area contributed by atoms with Crippen LogP contribution in [0.5, 0.6) is 0 Å². The van der Waals surface area contributed by atoms with E-state index in [4.69, 9.17) is 0 Å². The Morgan fingerprint density at radius 1 is 1.53 bits per heavy atom. The van der Waals surface area contributed by atoms with Crippen LogP contribution in [0.3, 0.4) is 0 Å². The number of hydrogen-bond acceptors (Lipinski definition) is 3. The second kappa shape index (κ2) is 6.19. The Labute approximate surface area is 115 Å². The third kappa shape index (κ3) is 3.35. The molecule has 1 N–H and O–H groups in total. The van der Waals surface area contributed by atoms with E-state index in [0.717, 1.165) is 18.8 Å². The van der Waals surface area contributed by atoms with Crippen LogP contribution in [-0.2, 0) is 7.05 Å². The highest BCUT2D eigenvalue weighted by molar-refractivity contribution is 5.94. The van der Waals surface area contributed by atoms with E-state index in [0.29, 0.717) is 18.2 Å². The van der Waals surface area contributed by atoms with Crippen molar-refractivity contribution in [2.24, 2.45) is 7.05 Å². The fraction of sp³-hybridized carbons (Fsp3) is 0.714. The molecule has 0 spiro atoms. The quantitative estimate of drug-likeness (QED) is 0.892. The van der Waals surface area contributed by atoms with E-state index < -0.39 is 0 Å². The average molecular weight is 264 g/mol. The lowest BCUT2D eigenvalue weighted by Gasteiger charge is -2.33. The summed E-state index contributed by atoms with van der Waals surface area (Å²) < 4.78 is 1.72. The van der Waals surface area contributed by atoms with Crippen molar-refractivity contribution in [2.45, 2.75) is 39.2 Å². The maximum absolute atomic E-state index is 12.0. The Bertz CT molecular complexity index is 441. The van der Waals surface area contributed by atoms with Gasteiger partial charge >= 0.3 is 0 Å². The van der Waals surface area contributed by atoms with Crippen molar-refractivity contribution in [3.63, 3.8) is 0 Å². The van der Waals surface area contributed by atoms with E-state index in [-0.39, 0.29) is 5.91 Å². The van der Waals surface area contributed by atoms with Gasteiger partial charge in [0.1, 0.15) is 0 Å². The molecule has 5 nitrogen and oxygen atoms in total. The monoisotopic (exact) mass is 264 g/mol. The first-order chi connectivity index (χ1) is 9.09. The third-order valence-electron chi connectivity index (χ3n) is 4.11. The number of piperidine rings is 1. The predicted molar refractivity (Wildman–Crippen MR) is 75.2 cm³/mol. The molecule has 1 atom stereocenters. The first-order valence-corrected chi connectivity index (χ1v) is 7.10. The molecule has 0 bridgehead atoms. The molecule has 0 unspecified atom stereocenters. The summed E-state index contributed by atoms with van der Waals surface area (Å²) in [6, 6.07) is 0.644. The second-order valence-electron chi connectivity index (χ2n) is 5.40. The maximum atomic E-state index is 12.0. The van der Waals surface area contributed by atoms with Crippen LogP contribution in [0.4, 0.5) is 0 Å². The van der Waals surface area contributed by atoms with E-state index in [1.54, 1.807) is 10.9 Å². The van der Waals surface area contributed by atoms with Crippen LogP contribution in [-0.4, -0.2) is 46.3 Å². The highest BCUT2D eigenvalue weighted by Gasteiger charge is 2.18. The van der Waals surface area contributed by atoms with Crippen LogP contribution < -0.4 is 5.32 Å². The Morgan fingerprint density at radius 2 is 2.32 bits per heavy atom. The highest BCUT2D eigenvalue weighted by atomic mass is 16.1. The number of carbonyl (C=O) groups is 1. The normalized spacial score (nSPS) is 20.5. The maximum Gasteiger partial charge on any atom is 0.254 e. The number of likely N-dealkylation sites (tertiary alicyclic amines) is 1. The van der Waals surface area contributed by atoms with Crippen LogP contribution in [0.2, 0.25) is 0 Å². The molecule has 1 aliphatic rings. The Kier molecular flexibility index (Phi) is 4.58. The summed E-state index contributed by atoms with van der Waals surface area (Å²) >= 11 is 0. The third-order valence-corrected chi connectivity index (χ3v) is 4.11. The van der Waals surface area contributed by atoms with Crippen molar-refractivity contribution in [3.8, 4) is 0 Å². The molecule has 1 amide bonds. The summed E-state index contributed by atoms with van der Waals surface area (Å²) in [6.07, 6.45) is 5.52. The van der Waals surface area contributed by atoms with Crippen molar-refractivity contribution in [1.82, 2.24) is 20.0 Å². The van der Waals surface area contributed by atoms with Crippen LogP contribution in [0.1, 0.15) is 42.2 Å². The molecule has 2 rings (SSSR count). The highest BCUT2D eigenvalue weighted by Crippen LogP contribution is 2.15. The zero-order valence-corrected chi connectivity index (χ0v) is 12.1. The summed E-state index contributed by atoms with van der Waals surface area (Å²) in [5.74, 6) is -0.0183. The standard InChI is InChI=1S/C14H24N4O/c1-11-6-4-5-8-18(11)9-7-15-14(19)13-10-16-17(3)12(13)2/h10-11H,4-9H2,1-3H3,(H,15,19)/t11-/m0/s1. The van der Waals surface area contributed by atoms with Gasteiger partial charge in [0, 0.05) is 31.9 Å². The van der Waals surface area contributed by atoms with E-state index in [2.05, 4.69) is 22.2 Å². The lowest BCUT2D eigenvalue weighted by molar-refractivity contribution is 0.0937. The van der Waals surface area contributed by atoms with Gasteiger partial charge in [-0.05, 0) is 33.2 Å². The number of amides is 1. The van der Waals surface area contributed by atoms with Crippen molar-refractivity contribution in [3.05, 3.63) is 17.5 Å². The van der Waals surface area contributed by atoms with Crippen molar-refractivity contribution in [2.75, 3.05) is 19.6 Å². The molecule has 2 heterocycles. The summed E-state index contributed by atoms with van der Waals surface area (Å²) in [7, 11) is 1.85. The molecule has 5 heteroatoms. The molecule has 0 aromatic carbocycles. The first-order valence-electron chi connectivity index (χ1n) is 7.10. The molecule has 19 heavy (non-hydrogen) atoms. The number of nitrogens with zero attached hydrogens (tertiary/aromatic N) is 3. The van der Waals surface area contributed by atoms with Gasteiger partial charge in [0.05, 0.1) is 11.8 Å². The minimum absolute atomic E-state index is 0.0183. The molecule has 0 aliphatic carbocycles. The molecule has 1 saturated heterocycles. The minimum atomic E-state index is -0.0183. The smallest absolute Gasteiger partial charge is 0.254 e. The van der Waals surface area contributed by atoms with E-state index in [1.807, 2.05) is 14.0 Å². The molecular formula is C14H24N4O. The summed E-state index contributed by atoms with van der Waals surface area (Å²) in [4.78, 5) is 14.5. The molecule has 1 aliphatic heterocycles. The van der Waals surface area contributed by atoms with Gasteiger partial charge in [-0.25, -0.2) is 0 Å². The van der Waals surface area contributed by atoms with Crippen LogP contribution in [0, 0.1) is 6.92 Å². The van der Waals surface area contributed by atoms with Gasteiger partial charge in [0.15, 0.2) is 0 Å². The average Bonchev–Trinajstić information content (AvgIpc) is 2.72. The van der Waals surface area contributed by atoms with E-state index in [9.17, 15) is 4.79 Å². The summed E-state index contributed by atoms with van der Waals surface area (Å²) in [5, 5.41) is 7.08. The summed E-state index contributed by atoms with van der Waals surface area (Å²) in [5.41, 5.74) is 1.58. The van der Waals surface area contributed by atoms with Gasteiger partial charge in [-0.2, -0.15) is 5.10 Å². The van der Waals surface area contributed by atoms with Crippen molar-refractivity contribution in [1.29, 1.82) is 0 Å². The number of nitrogens with one attached hydrogen (secondary N) is 1. The predicted octanol–water partition coefficient (Wildman–Crippen LogP) is 1.33. The topological polar surface area (TPSA) is 50.2 Å². The van der Waals surface area contributed by atoms with Gasteiger partial charge in [0.2, 0.25) is 0 Å². The molecular weight excluding hydrogens is 240 g/mol. The van der Waals surface area contributed by atoms with Gasteiger partial charge in [0.25, 0.3) is 5.91 Å². The zero-order chi connectivity index (χ0) is 13.8. The Balaban J connectivity index is 1.79. The van der Waals surface area contributed by atoms with Crippen LogP contribution in [0.25, 0.3) is 0 Å². The van der Waals surface area contributed by atoms with E-state index in [1.165, 1.54) is 19.3 Å². The lowest BCUT2D eigenvalue weighted by atomic mass is 10.0. The Morgan fingerprint density at radius 3 is 2.95 bits per heavy atom. The summed E-state index contributed by atoms with van der Waals surface area (Å²) in [6.45, 7) is 6.98. The molecule has 1 aromatic heterocycles. The van der Waals surface area contributed by atoms with Crippen LogP contribution in [0.15, 0.2) is 6.20 Å².